The molecule has 0 saturated heterocycles. The highest BCUT2D eigenvalue weighted by Gasteiger charge is 2.39. The summed E-state index contributed by atoms with van der Waals surface area (Å²) in [5, 5.41) is 0. The predicted octanol–water partition coefficient (Wildman–Crippen LogP) is 3.22. The number of alkyl halides is 3. The molecule has 0 heterocycles. The summed E-state index contributed by atoms with van der Waals surface area (Å²) < 4.78 is 47.8. The number of ketones is 1. The van der Waals surface area contributed by atoms with Crippen molar-refractivity contribution in [3.05, 3.63) is 29.8 Å². The molecule has 0 aliphatic rings. The van der Waals surface area contributed by atoms with Crippen molar-refractivity contribution >= 4 is 16.6 Å². The van der Waals surface area contributed by atoms with Crippen LogP contribution < -0.4 is 0 Å². The summed E-state index contributed by atoms with van der Waals surface area (Å²) in [5.74, 6) is -3.00. The molecule has 0 bridgehead atoms. The Labute approximate surface area is 112 Å². The summed E-state index contributed by atoms with van der Waals surface area (Å²) >= 11 is 0. The number of halogens is 3. The van der Waals surface area contributed by atoms with E-state index in [1.807, 2.05) is 20.8 Å². The van der Waals surface area contributed by atoms with Crippen LogP contribution in [-0.2, 0) is 21.0 Å². The summed E-state index contributed by atoms with van der Waals surface area (Å²) in [6.07, 6.45) is -4.93. The van der Waals surface area contributed by atoms with Crippen LogP contribution in [0.2, 0.25) is 0 Å². The molecule has 0 fully saturated rings. The molecule has 1 aromatic rings. The van der Waals surface area contributed by atoms with Crippen molar-refractivity contribution < 1.29 is 22.2 Å². The van der Waals surface area contributed by atoms with Crippen LogP contribution in [0.25, 0.3) is 0 Å². The van der Waals surface area contributed by atoms with E-state index >= 15 is 0 Å². The summed E-state index contributed by atoms with van der Waals surface area (Å²) in [6, 6.07) is 6.43. The largest absolute Gasteiger partial charge is 0.450 e. The van der Waals surface area contributed by atoms with Crippen LogP contribution in [0, 0.1) is 0 Å². The maximum absolute atomic E-state index is 12.1. The standard InChI is InChI=1S/C13H15F3O2S/c1-12(2,3)9-4-6-10(7-5-9)19(18)8-11(17)13(14,15)16/h4-7H,8H2,1-3H3. The van der Waals surface area contributed by atoms with Crippen molar-refractivity contribution in [2.75, 3.05) is 5.75 Å². The van der Waals surface area contributed by atoms with Crippen molar-refractivity contribution in [2.45, 2.75) is 37.3 Å². The molecule has 0 aliphatic carbocycles. The van der Waals surface area contributed by atoms with E-state index in [9.17, 15) is 22.2 Å². The molecule has 2 nitrogen and oxygen atoms in total. The number of hydrogen-bond donors (Lipinski definition) is 0. The molecule has 106 valence electrons. The summed E-state index contributed by atoms with van der Waals surface area (Å²) in [6.45, 7) is 5.98. The number of benzene rings is 1. The number of carbonyl (C=O) groups is 1. The highest BCUT2D eigenvalue weighted by molar-refractivity contribution is 7.85. The van der Waals surface area contributed by atoms with Crippen LogP contribution in [0.5, 0.6) is 0 Å². The lowest BCUT2D eigenvalue weighted by molar-refractivity contribution is -0.168. The van der Waals surface area contributed by atoms with Crippen LogP contribution in [0.15, 0.2) is 29.2 Å². The first-order valence-corrected chi connectivity index (χ1v) is 6.92. The zero-order chi connectivity index (χ0) is 14.8. The monoisotopic (exact) mass is 292 g/mol. The fraction of sp³-hybridized carbons (Fsp3) is 0.462. The minimum Gasteiger partial charge on any atom is -0.289 e. The first kappa shape index (κ1) is 15.9. The minimum absolute atomic E-state index is 0.0954. The average molecular weight is 292 g/mol. The number of rotatable bonds is 3. The molecule has 1 unspecified atom stereocenters. The minimum atomic E-state index is -4.93. The molecule has 0 amide bonds. The topological polar surface area (TPSA) is 34.1 Å². The third kappa shape index (κ3) is 4.45. The van der Waals surface area contributed by atoms with Crippen molar-refractivity contribution in [1.82, 2.24) is 0 Å². The maximum Gasteiger partial charge on any atom is 0.450 e. The lowest BCUT2D eigenvalue weighted by Gasteiger charge is -2.19. The van der Waals surface area contributed by atoms with E-state index in [4.69, 9.17) is 0 Å². The first-order chi connectivity index (χ1) is 8.51. The fourth-order valence-electron chi connectivity index (χ4n) is 1.39. The summed E-state index contributed by atoms with van der Waals surface area (Å²) in [7, 11) is -1.96. The molecule has 6 heteroatoms. The van der Waals surface area contributed by atoms with Crippen molar-refractivity contribution in [3.8, 4) is 0 Å². The molecule has 0 N–H and O–H groups in total. The summed E-state index contributed by atoms with van der Waals surface area (Å²) in [4.78, 5) is 11.0. The van der Waals surface area contributed by atoms with E-state index < -0.39 is 28.5 Å². The van der Waals surface area contributed by atoms with Crippen molar-refractivity contribution in [3.63, 3.8) is 0 Å². The highest BCUT2D eigenvalue weighted by atomic mass is 32.2. The van der Waals surface area contributed by atoms with Gasteiger partial charge in [0.25, 0.3) is 0 Å². The van der Waals surface area contributed by atoms with Gasteiger partial charge in [0.2, 0.25) is 5.78 Å². The third-order valence-electron chi connectivity index (χ3n) is 2.56. The SMILES string of the molecule is CC(C)(C)c1ccc(S(=O)CC(=O)C(F)(F)F)cc1. The smallest absolute Gasteiger partial charge is 0.289 e. The molecular weight excluding hydrogens is 277 g/mol. The van der Waals surface area contributed by atoms with Gasteiger partial charge < -0.3 is 0 Å². The van der Waals surface area contributed by atoms with Gasteiger partial charge in [-0.15, -0.1) is 0 Å². The number of carbonyl (C=O) groups excluding carboxylic acids is 1. The Morgan fingerprint density at radius 1 is 1.11 bits per heavy atom. The molecule has 1 atom stereocenters. The quantitative estimate of drug-likeness (QED) is 0.857. The van der Waals surface area contributed by atoms with Gasteiger partial charge >= 0.3 is 6.18 Å². The second kappa shape index (κ2) is 5.45. The van der Waals surface area contributed by atoms with Crippen LogP contribution >= 0.6 is 0 Å². The van der Waals surface area contributed by atoms with E-state index in [0.29, 0.717) is 0 Å². The second-order valence-corrected chi connectivity index (χ2v) is 6.64. The van der Waals surface area contributed by atoms with E-state index in [-0.39, 0.29) is 10.3 Å². The maximum atomic E-state index is 12.1. The molecule has 1 rings (SSSR count). The van der Waals surface area contributed by atoms with Gasteiger partial charge in [-0.25, -0.2) is 0 Å². The van der Waals surface area contributed by atoms with Crippen LogP contribution in [0.3, 0.4) is 0 Å². The summed E-state index contributed by atoms with van der Waals surface area (Å²) in [5.41, 5.74) is 0.886. The number of hydrogen-bond acceptors (Lipinski definition) is 2. The Bertz CT molecular complexity index is 484. The third-order valence-corrected chi connectivity index (χ3v) is 3.88. The van der Waals surface area contributed by atoms with E-state index in [2.05, 4.69) is 0 Å². The van der Waals surface area contributed by atoms with Gasteiger partial charge in [0, 0.05) is 4.90 Å². The van der Waals surface area contributed by atoms with Gasteiger partial charge in [-0.2, -0.15) is 13.2 Å². The van der Waals surface area contributed by atoms with E-state index in [1.165, 1.54) is 12.1 Å². The number of Topliss-reactive ketones (excluding diaryl/α,β-unsaturated/α-hetero) is 1. The predicted molar refractivity (Wildman–Crippen MR) is 67.5 cm³/mol. The van der Waals surface area contributed by atoms with E-state index in [0.717, 1.165) is 5.56 Å². The lowest BCUT2D eigenvalue weighted by Crippen LogP contribution is -2.28. The molecule has 0 aliphatic heterocycles. The fourth-order valence-corrected chi connectivity index (χ4v) is 2.40. The van der Waals surface area contributed by atoms with Gasteiger partial charge in [-0.05, 0) is 23.1 Å². The van der Waals surface area contributed by atoms with Crippen LogP contribution in [0.4, 0.5) is 13.2 Å². The highest BCUT2D eigenvalue weighted by Crippen LogP contribution is 2.23. The van der Waals surface area contributed by atoms with Crippen LogP contribution in [-0.4, -0.2) is 21.9 Å². The Kier molecular flexibility index (Phi) is 4.55. The van der Waals surface area contributed by atoms with Gasteiger partial charge in [-0.1, -0.05) is 32.9 Å². The molecule has 0 aromatic heterocycles. The van der Waals surface area contributed by atoms with Gasteiger partial charge in [0.05, 0.1) is 16.6 Å². The Balaban J connectivity index is 2.83. The second-order valence-electron chi connectivity index (χ2n) is 5.19. The van der Waals surface area contributed by atoms with Gasteiger partial charge in [-0.3, -0.25) is 9.00 Å². The Morgan fingerprint density at radius 3 is 1.95 bits per heavy atom. The van der Waals surface area contributed by atoms with Crippen LogP contribution in [0.1, 0.15) is 26.3 Å². The lowest BCUT2D eigenvalue weighted by atomic mass is 9.87. The molecular formula is C13H15F3O2S. The Morgan fingerprint density at radius 2 is 1.58 bits per heavy atom. The molecule has 1 aromatic carbocycles. The zero-order valence-corrected chi connectivity index (χ0v) is 11.7. The van der Waals surface area contributed by atoms with E-state index in [1.54, 1.807) is 12.1 Å². The molecule has 0 saturated carbocycles. The normalized spacial score (nSPS) is 14.2. The molecule has 0 radical (unpaired) electrons. The van der Waals surface area contributed by atoms with Crippen molar-refractivity contribution in [2.24, 2.45) is 0 Å². The zero-order valence-electron chi connectivity index (χ0n) is 10.9. The molecule has 19 heavy (non-hydrogen) atoms. The first-order valence-electron chi connectivity index (χ1n) is 5.61. The van der Waals surface area contributed by atoms with Gasteiger partial charge in [0.1, 0.15) is 0 Å². The Hall–Kier alpha value is -1.17. The van der Waals surface area contributed by atoms with Crippen molar-refractivity contribution in [1.29, 1.82) is 0 Å². The average Bonchev–Trinajstić information content (AvgIpc) is 2.26. The van der Waals surface area contributed by atoms with Gasteiger partial charge in [0.15, 0.2) is 0 Å². The molecule has 0 spiro atoms.